The number of likely N-dealkylation sites (tertiary alicyclic amines) is 1. The molecule has 6 nitrogen and oxygen atoms in total. The number of nitrogens with zero attached hydrogens (tertiary/aromatic N) is 3. The molecule has 4 rings (SSSR count). The van der Waals surface area contributed by atoms with Crippen LogP contribution in [0.5, 0.6) is 5.75 Å². The van der Waals surface area contributed by atoms with Gasteiger partial charge in [0.1, 0.15) is 5.75 Å². The van der Waals surface area contributed by atoms with Crippen LogP contribution < -0.4 is 4.74 Å². The van der Waals surface area contributed by atoms with Crippen LogP contribution in [0.15, 0.2) is 53.1 Å². The zero-order chi connectivity index (χ0) is 23.8. The third-order valence-corrected chi connectivity index (χ3v) is 5.10. The first-order valence-electron chi connectivity index (χ1n) is 9.76. The molecule has 0 amide bonds. The monoisotopic (exact) mass is 473 g/mol. The Hall–Kier alpha value is -3.12. The summed E-state index contributed by atoms with van der Waals surface area (Å²) in [4.78, 5) is 6.03. The minimum absolute atomic E-state index is 0.0839. The molecule has 0 radical (unpaired) electrons. The molecule has 1 saturated heterocycles. The van der Waals surface area contributed by atoms with E-state index in [1.54, 1.807) is 11.0 Å². The van der Waals surface area contributed by atoms with Crippen molar-refractivity contribution in [1.82, 2.24) is 15.0 Å². The summed E-state index contributed by atoms with van der Waals surface area (Å²) in [5, 5.41) is 14.0. The molecule has 33 heavy (non-hydrogen) atoms. The summed E-state index contributed by atoms with van der Waals surface area (Å²) in [7, 11) is 0. The predicted octanol–water partition coefficient (Wildman–Crippen LogP) is 4.96. The SMILES string of the molecule is O[C@@H]1C[C@@H](c2nc(-c3ccc(C(F)(F)F)cc3)no2)N(Cc2cccc(OC(F)(F)F)c2)C1. The average molecular weight is 473 g/mol. The van der Waals surface area contributed by atoms with Crippen LogP contribution in [0, 0.1) is 0 Å². The second-order valence-electron chi connectivity index (χ2n) is 7.56. The number of aromatic nitrogens is 2. The molecule has 0 aliphatic carbocycles. The van der Waals surface area contributed by atoms with E-state index in [0.29, 0.717) is 11.1 Å². The molecule has 1 fully saturated rings. The number of benzene rings is 2. The number of ether oxygens (including phenoxy) is 1. The summed E-state index contributed by atoms with van der Waals surface area (Å²) in [5.41, 5.74) is 0.0233. The van der Waals surface area contributed by atoms with Crippen LogP contribution in [-0.4, -0.2) is 39.2 Å². The van der Waals surface area contributed by atoms with Crippen LogP contribution in [0.3, 0.4) is 0 Å². The third kappa shape index (κ3) is 5.63. The first-order valence-corrected chi connectivity index (χ1v) is 9.76. The molecule has 2 heterocycles. The molecule has 1 aliphatic rings. The Kier molecular flexibility index (Phi) is 6.06. The van der Waals surface area contributed by atoms with Crippen molar-refractivity contribution in [2.24, 2.45) is 0 Å². The Morgan fingerprint density at radius 1 is 1.06 bits per heavy atom. The second kappa shape index (κ2) is 8.67. The standard InChI is InChI=1S/C21H17F6N3O3/c22-20(23,24)14-6-4-13(5-7-14)18-28-19(33-29-18)17-9-15(31)11-30(17)10-12-2-1-3-16(8-12)32-21(25,26)27/h1-8,15,17,31H,9-11H2/t15-,17+/m1/s1. The Morgan fingerprint density at radius 2 is 1.79 bits per heavy atom. The molecule has 0 spiro atoms. The summed E-state index contributed by atoms with van der Waals surface area (Å²) in [6.45, 7) is 0.391. The van der Waals surface area contributed by atoms with Gasteiger partial charge in [-0.05, 0) is 36.2 Å². The highest BCUT2D eigenvalue weighted by atomic mass is 19.4. The maximum Gasteiger partial charge on any atom is 0.573 e. The van der Waals surface area contributed by atoms with Gasteiger partial charge in [-0.15, -0.1) is 13.2 Å². The van der Waals surface area contributed by atoms with Gasteiger partial charge in [0.25, 0.3) is 0 Å². The lowest BCUT2D eigenvalue weighted by atomic mass is 10.1. The van der Waals surface area contributed by atoms with E-state index in [1.165, 1.54) is 30.3 Å². The summed E-state index contributed by atoms with van der Waals surface area (Å²) >= 11 is 0. The molecule has 2 atom stereocenters. The van der Waals surface area contributed by atoms with Crippen molar-refractivity contribution >= 4 is 0 Å². The zero-order valence-electron chi connectivity index (χ0n) is 16.8. The highest BCUT2D eigenvalue weighted by Crippen LogP contribution is 2.35. The van der Waals surface area contributed by atoms with Gasteiger partial charge in [-0.1, -0.05) is 29.4 Å². The lowest BCUT2D eigenvalue weighted by Crippen LogP contribution is -2.24. The lowest BCUT2D eigenvalue weighted by molar-refractivity contribution is -0.274. The topological polar surface area (TPSA) is 71.6 Å². The Bertz CT molecular complexity index is 1100. The number of halogens is 6. The van der Waals surface area contributed by atoms with E-state index in [1.807, 2.05) is 0 Å². The number of hydrogen-bond donors (Lipinski definition) is 1. The van der Waals surface area contributed by atoms with E-state index in [9.17, 15) is 31.4 Å². The fourth-order valence-corrected chi connectivity index (χ4v) is 3.68. The van der Waals surface area contributed by atoms with Crippen molar-refractivity contribution in [1.29, 1.82) is 0 Å². The first-order chi connectivity index (χ1) is 15.5. The fourth-order valence-electron chi connectivity index (χ4n) is 3.68. The van der Waals surface area contributed by atoms with Gasteiger partial charge in [-0.25, -0.2) is 0 Å². The van der Waals surface area contributed by atoms with Gasteiger partial charge >= 0.3 is 12.5 Å². The van der Waals surface area contributed by atoms with Crippen molar-refractivity contribution in [3.8, 4) is 17.1 Å². The Balaban J connectivity index is 1.51. The molecule has 1 aromatic heterocycles. The number of hydrogen-bond acceptors (Lipinski definition) is 6. The minimum atomic E-state index is -4.82. The molecule has 0 unspecified atom stereocenters. The fraction of sp³-hybridized carbons (Fsp3) is 0.333. The summed E-state index contributed by atoms with van der Waals surface area (Å²) in [6, 6.07) is 9.22. The maximum absolute atomic E-state index is 12.8. The first kappa shape index (κ1) is 23.1. The molecule has 1 aliphatic heterocycles. The van der Waals surface area contributed by atoms with Crippen molar-refractivity contribution in [3.63, 3.8) is 0 Å². The quantitative estimate of drug-likeness (QED) is 0.528. The molecular formula is C21H17F6N3O3. The van der Waals surface area contributed by atoms with Crippen LogP contribution in [0.25, 0.3) is 11.4 Å². The average Bonchev–Trinajstić information content (AvgIpc) is 3.33. The van der Waals surface area contributed by atoms with E-state index in [-0.39, 0.29) is 37.0 Å². The molecule has 0 saturated carbocycles. The number of aliphatic hydroxyl groups is 1. The number of alkyl halides is 6. The largest absolute Gasteiger partial charge is 0.573 e. The number of aliphatic hydroxyl groups excluding tert-OH is 1. The van der Waals surface area contributed by atoms with Gasteiger partial charge in [-0.3, -0.25) is 4.90 Å². The number of rotatable bonds is 5. The van der Waals surface area contributed by atoms with E-state index in [2.05, 4.69) is 14.9 Å². The Labute approximate surface area is 183 Å². The predicted molar refractivity (Wildman–Crippen MR) is 102 cm³/mol. The van der Waals surface area contributed by atoms with Gasteiger partial charge in [-0.2, -0.15) is 18.2 Å². The van der Waals surface area contributed by atoms with Gasteiger partial charge in [0, 0.05) is 18.7 Å². The highest BCUT2D eigenvalue weighted by molar-refractivity contribution is 5.54. The van der Waals surface area contributed by atoms with Gasteiger partial charge < -0.3 is 14.4 Å². The van der Waals surface area contributed by atoms with Crippen LogP contribution in [0.1, 0.15) is 29.5 Å². The molecule has 3 aromatic rings. The van der Waals surface area contributed by atoms with Crippen molar-refractivity contribution in [2.45, 2.75) is 37.7 Å². The van der Waals surface area contributed by atoms with Gasteiger partial charge in [0.15, 0.2) is 0 Å². The minimum Gasteiger partial charge on any atom is -0.406 e. The molecule has 2 aromatic carbocycles. The molecule has 12 heteroatoms. The molecule has 0 bridgehead atoms. The summed E-state index contributed by atoms with van der Waals surface area (Å²) in [6.07, 6.45) is -9.77. The Morgan fingerprint density at radius 3 is 2.45 bits per heavy atom. The van der Waals surface area contributed by atoms with Crippen LogP contribution >= 0.6 is 0 Å². The summed E-state index contributed by atoms with van der Waals surface area (Å²) in [5.74, 6) is -0.136. The zero-order valence-corrected chi connectivity index (χ0v) is 16.8. The van der Waals surface area contributed by atoms with Crippen molar-refractivity contribution in [2.75, 3.05) is 6.54 Å². The smallest absolute Gasteiger partial charge is 0.406 e. The molecule has 176 valence electrons. The van der Waals surface area contributed by atoms with Crippen LogP contribution in [-0.2, 0) is 12.7 Å². The lowest BCUT2D eigenvalue weighted by Gasteiger charge is -2.21. The highest BCUT2D eigenvalue weighted by Gasteiger charge is 2.36. The van der Waals surface area contributed by atoms with Crippen molar-refractivity contribution in [3.05, 3.63) is 65.5 Å². The van der Waals surface area contributed by atoms with Gasteiger partial charge in [0.05, 0.1) is 17.7 Å². The molecular weight excluding hydrogens is 456 g/mol. The second-order valence-corrected chi connectivity index (χ2v) is 7.56. The van der Waals surface area contributed by atoms with Crippen molar-refractivity contribution < 1.29 is 40.7 Å². The maximum atomic E-state index is 12.8. The molecule has 1 N–H and O–H groups in total. The summed E-state index contributed by atoms with van der Waals surface area (Å²) < 4.78 is 85.0. The van der Waals surface area contributed by atoms with E-state index >= 15 is 0 Å². The third-order valence-electron chi connectivity index (χ3n) is 5.10. The van der Waals surface area contributed by atoms with E-state index in [0.717, 1.165) is 12.1 Å². The number of β-amino-alcohol motifs (C(OH)–C–C–N with tert-alkyl or cyclic N) is 1. The van der Waals surface area contributed by atoms with E-state index < -0.39 is 30.2 Å². The van der Waals surface area contributed by atoms with Gasteiger partial charge in [0.2, 0.25) is 11.7 Å². The normalized spacial score (nSPS) is 19.7. The van der Waals surface area contributed by atoms with Crippen LogP contribution in [0.2, 0.25) is 0 Å². The van der Waals surface area contributed by atoms with E-state index in [4.69, 9.17) is 4.52 Å². The van der Waals surface area contributed by atoms with Crippen LogP contribution in [0.4, 0.5) is 26.3 Å².